The van der Waals surface area contributed by atoms with Gasteiger partial charge in [-0.15, -0.1) is 0 Å². The largest absolute Gasteiger partial charge is 0.493 e. The second-order valence-corrected chi connectivity index (χ2v) is 7.68. The Kier molecular flexibility index (Phi) is 6.39. The van der Waals surface area contributed by atoms with E-state index in [9.17, 15) is 4.79 Å². The molecule has 0 radical (unpaired) electrons. The van der Waals surface area contributed by atoms with E-state index in [0.29, 0.717) is 22.7 Å². The lowest BCUT2D eigenvalue weighted by Crippen LogP contribution is -2.41. The van der Waals surface area contributed by atoms with Gasteiger partial charge >= 0.3 is 0 Å². The highest BCUT2D eigenvalue weighted by molar-refractivity contribution is 5.92. The molecule has 0 spiro atoms. The molecule has 6 heteroatoms. The number of carbonyl (C=O) groups excluding carboxylic acids is 1. The molecule has 0 bridgehead atoms. The molecule has 0 aromatic heterocycles. The van der Waals surface area contributed by atoms with Crippen molar-refractivity contribution < 1.29 is 14.3 Å². The molecule has 1 heterocycles. The first-order valence-electron chi connectivity index (χ1n) is 10.5. The molecule has 0 saturated carbocycles. The monoisotopic (exact) mass is 427 g/mol. The molecular weight excluding hydrogens is 402 g/mol. The molecule has 0 saturated heterocycles. The molecule has 3 aromatic rings. The fraction of sp³-hybridized carbons (Fsp3) is 0.231. The van der Waals surface area contributed by atoms with Crippen molar-refractivity contribution in [3.8, 4) is 17.6 Å². The number of rotatable bonds is 6. The number of nitriles is 1. The highest BCUT2D eigenvalue weighted by atomic mass is 16.5. The number of fused-ring (bicyclic) bond motifs is 1. The third kappa shape index (κ3) is 4.43. The maximum Gasteiger partial charge on any atom is 0.238 e. The summed E-state index contributed by atoms with van der Waals surface area (Å²) in [6.45, 7) is 0.956. The molecule has 1 N–H and O–H groups in total. The summed E-state index contributed by atoms with van der Waals surface area (Å²) in [5.41, 5.74) is 4.54. The van der Waals surface area contributed by atoms with Gasteiger partial charge < -0.3 is 14.8 Å². The Hall–Kier alpha value is -3.82. The standard InChI is InChI=1S/C26H25N3O3/c1-31-23-14-20-11-12-29(17-25(30)28-21-10-6-7-18(13-21)16-27)26(19-8-4-3-5-9-19)22(20)15-24(23)32-2/h3-10,13-15,26H,11-12,17H2,1-2H3,(H,28,30)/t26-/m0/s1. The van der Waals surface area contributed by atoms with Crippen LogP contribution in [0.3, 0.4) is 0 Å². The van der Waals surface area contributed by atoms with Crippen molar-refractivity contribution in [3.63, 3.8) is 0 Å². The Morgan fingerprint density at radius 1 is 1.06 bits per heavy atom. The minimum absolute atomic E-state index is 0.0871. The third-order valence-electron chi connectivity index (χ3n) is 5.71. The van der Waals surface area contributed by atoms with Crippen LogP contribution in [-0.4, -0.2) is 38.1 Å². The number of nitrogens with zero attached hydrogens (tertiary/aromatic N) is 2. The summed E-state index contributed by atoms with van der Waals surface area (Å²) in [6, 6.07) is 23.2. The molecule has 4 rings (SSSR count). The van der Waals surface area contributed by atoms with E-state index in [4.69, 9.17) is 14.7 Å². The zero-order valence-electron chi connectivity index (χ0n) is 18.2. The SMILES string of the molecule is COc1cc2c(cc1OC)[C@H](c1ccccc1)N(CC(=O)Nc1cccc(C#N)c1)CC2. The number of nitrogens with one attached hydrogen (secondary N) is 1. The van der Waals surface area contributed by atoms with Crippen LogP contribution in [0.2, 0.25) is 0 Å². The number of amides is 1. The Morgan fingerprint density at radius 3 is 2.53 bits per heavy atom. The van der Waals surface area contributed by atoms with E-state index in [1.165, 1.54) is 5.56 Å². The zero-order chi connectivity index (χ0) is 22.5. The highest BCUT2D eigenvalue weighted by Crippen LogP contribution is 2.40. The summed E-state index contributed by atoms with van der Waals surface area (Å²) < 4.78 is 11.0. The number of ether oxygens (including phenoxy) is 2. The number of benzene rings is 3. The predicted molar refractivity (Wildman–Crippen MR) is 123 cm³/mol. The van der Waals surface area contributed by atoms with Gasteiger partial charge in [0.25, 0.3) is 0 Å². The average molecular weight is 428 g/mol. The van der Waals surface area contributed by atoms with Crippen molar-refractivity contribution >= 4 is 11.6 Å². The van der Waals surface area contributed by atoms with Gasteiger partial charge in [0.1, 0.15) is 0 Å². The number of carbonyl (C=O) groups is 1. The molecule has 1 aliphatic rings. The van der Waals surface area contributed by atoms with Gasteiger partial charge in [0, 0.05) is 12.2 Å². The Bertz CT molecular complexity index is 1150. The van der Waals surface area contributed by atoms with Gasteiger partial charge in [0.15, 0.2) is 11.5 Å². The van der Waals surface area contributed by atoms with Crippen molar-refractivity contribution in [3.05, 3.63) is 89.0 Å². The molecule has 32 heavy (non-hydrogen) atoms. The third-order valence-corrected chi connectivity index (χ3v) is 5.71. The summed E-state index contributed by atoms with van der Waals surface area (Å²) in [5.74, 6) is 1.26. The first-order chi connectivity index (χ1) is 15.6. The minimum Gasteiger partial charge on any atom is -0.493 e. The summed E-state index contributed by atoms with van der Waals surface area (Å²) in [4.78, 5) is 15.1. The van der Waals surface area contributed by atoms with Gasteiger partial charge in [-0.2, -0.15) is 5.26 Å². The van der Waals surface area contributed by atoms with Crippen LogP contribution in [0.25, 0.3) is 0 Å². The van der Waals surface area contributed by atoms with Crippen molar-refractivity contribution in [1.29, 1.82) is 5.26 Å². The van der Waals surface area contributed by atoms with Crippen molar-refractivity contribution in [2.75, 3.05) is 32.6 Å². The fourth-order valence-electron chi connectivity index (χ4n) is 4.25. The van der Waals surface area contributed by atoms with Gasteiger partial charge in [-0.3, -0.25) is 9.69 Å². The topological polar surface area (TPSA) is 74.6 Å². The zero-order valence-corrected chi connectivity index (χ0v) is 18.2. The molecule has 3 aromatic carbocycles. The van der Waals surface area contributed by atoms with Crippen molar-refractivity contribution in [2.45, 2.75) is 12.5 Å². The average Bonchev–Trinajstić information content (AvgIpc) is 2.83. The Labute approximate surface area is 188 Å². The molecule has 6 nitrogen and oxygen atoms in total. The summed E-state index contributed by atoms with van der Waals surface area (Å²) >= 11 is 0. The van der Waals surface area contributed by atoms with Crippen LogP contribution in [-0.2, 0) is 11.2 Å². The lowest BCUT2D eigenvalue weighted by atomic mass is 9.87. The van der Waals surface area contributed by atoms with Gasteiger partial charge in [-0.1, -0.05) is 36.4 Å². The van der Waals surface area contributed by atoms with Gasteiger partial charge in [-0.05, 0) is 53.4 Å². The first kappa shape index (κ1) is 21.4. The quantitative estimate of drug-likeness (QED) is 0.639. The van der Waals surface area contributed by atoms with Gasteiger partial charge in [0.2, 0.25) is 5.91 Å². The molecule has 1 atom stereocenters. The van der Waals surface area contributed by atoms with Crippen molar-refractivity contribution in [2.24, 2.45) is 0 Å². The Balaban J connectivity index is 1.64. The van der Waals surface area contributed by atoms with Crippen LogP contribution in [0.15, 0.2) is 66.7 Å². The normalized spacial score (nSPS) is 15.3. The van der Waals surface area contributed by atoms with Crippen LogP contribution in [0, 0.1) is 11.3 Å². The number of anilines is 1. The second kappa shape index (κ2) is 9.54. The van der Waals surface area contributed by atoms with Crippen LogP contribution in [0.5, 0.6) is 11.5 Å². The smallest absolute Gasteiger partial charge is 0.238 e. The predicted octanol–water partition coefficient (Wildman–Crippen LogP) is 4.16. The number of methoxy groups -OCH3 is 2. The van der Waals surface area contributed by atoms with E-state index in [-0.39, 0.29) is 18.5 Å². The summed E-state index contributed by atoms with van der Waals surface area (Å²) in [7, 11) is 3.27. The molecule has 0 aliphatic carbocycles. The van der Waals surface area contributed by atoms with E-state index >= 15 is 0 Å². The van der Waals surface area contributed by atoms with E-state index in [2.05, 4.69) is 28.4 Å². The highest BCUT2D eigenvalue weighted by Gasteiger charge is 2.31. The van der Waals surface area contributed by atoms with Gasteiger partial charge in [-0.25, -0.2) is 0 Å². The second-order valence-electron chi connectivity index (χ2n) is 7.68. The number of hydrogen-bond acceptors (Lipinski definition) is 5. The summed E-state index contributed by atoms with van der Waals surface area (Å²) in [6.07, 6.45) is 0.802. The lowest BCUT2D eigenvalue weighted by Gasteiger charge is -2.37. The van der Waals surface area contributed by atoms with Crippen LogP contribution in [0.4, 0.5) is 5.69 Å². The van der Waals surface area contributed by atoms with Crippen LogP contribution >= 0.6 is 0 Å². The molecule has 162 valence electrons. The molecule has 0 fully saturated rings. The first-order valence-corrected chi connectivity index (χ1v) is 10.5. The Morgan fingerprint density at radius 2 is 1.81 bits per heavy atom. The van der Waals surface area contributed by atoms with Crippen molar-refractivity contribution in [1.82, 2.24) is 4.90 Å². The van der Waals surface area contributed by atoms with E-state index in [1.807, 2.05) is 30.3 Å². The van der Waals surface area contributed by atoms with Gasteiger partial charge in [0.05, 0.1) is 38.4 Å². The maximum absolute atomic E-state index is 12.9. The molecule has 0 unspecified atom stereocenters. The van der Waals surface area contributed by atoms with E-state index in [0.717, 1.165) is 24.1 Å². The lowest BCUT2D eigenvalue weighted by molar-refractivity contribution is -0.117. The van der Waals surface area contributed by atoms with Crippen LogP contribution in [0.1, 0.15) is 28.3 Å². The van der Waals surface area contributed by atoms with E-state index in [1.54, 1.807) is 38.5 Å². The fourth-order valence-corrected chi connectivity index (χ4v) is 4.25. The molecular formula is C26H25N3O3. The number of hydrogen-bond donors (Lipinski definition) is 1. The molecule has 1 aliphatic heterocycles. The maximum atomic E-state index is 12.9. The summed E-state index contributed by atoms with van der Waals surface area (Å²) in [5, 5.41) is 12.0. The van der Waals surface area contributed by atoms with Crippen LogP contribution < -0.4 is 14.8 Å². The minimum atomic E-state index is -0.120. The van der Waals surface area contributed by atoms with E-state index < -0.39 is 0 Å². The molecule has 1 amide bonds.